The number of rotatable bonds is 5. The van der Waals surface area contributed by atoms with Gasteiger partial charge in [0.25, 0.3) is 5.91 Å². The van der Waals surface area contributed by atoms with Gasteiger partial charge in [-0.1, -0.05) is 11.8 Å². The molecule has 0 N–H and O–H groups in total. The molecule has 0 fully saturated rings. The highest BCUT2D eigenvalue weighted by Crippen LogP contribution is 2.23. The van der Waals surface area contributed by atoms with E-state index in [4.69, 9.17) is 0 Å². The predicted molar refractivity (Wildman–Crippen MR) is 94.0 cm³/mol. The third-order valence-electron chi connectivity index (χ3n) is 3.62. The maximum atomic E-state index is 12.7. The lowest BCUT2D eigenvalue weighted by molar-refractivity contribution is 0.0984. The summed E-state index contributed by atoms with van der Waals surface area (Å²) in [5.41, 5.74) is 2.45. The van der Waals surface area contributed by atoms with E-state index in [0.29, 0.717) is 5.69 Å². The molecule has 3 heterocycles. The Labute approximate surface area is 144 Å². The highest BCUT2D eigenvalue weighted by Gasteiger charge is 2.19. The third-order valence-corrected chi connectivity index (χ3v) is 4.73. The normalized spacial score (nSPS) is 10.6. The molecular formula is C17H17N5OS. The van der Waals surface area contributed by atoms with Crippen LogP contribution in [-0.2, 0) is 12.8 Å². The highest BCUT2D eigenvalue weighted by atomic mass is 32.2. The summed E-state index contributed by atoms with van der Waals surface area (Å²) in [5, 5.41) is 0.801. The summed E-state index contributed by atoms with van der Waals surface area (Å²) in [6, 6.07) is 7.59. The Morgan fingerprint density at radius 3 is 2.67 bits per heavy atom. The van der Waals surface area contributed by atoms with E-state index >= 15 is 0 Å². The monoisotopic (exact) mass is 339 g/mol. The second-order valence-corrected chi connectivity index (χ2v) is 6.15. The molecule has 0 aliphatic heterocycles. The second kappa shape index (κ2) is 7.27. The third kappa shape index (κ3) is 3.46. The van der Waals surface area contributed by atoms with E-state index in [1.54, 1.807) is 60.8 Å². The summed E-state index contributed by atoms with van der Waals surface area (Å²) >= 11 is 1.59. The maximum Gasteiger partial charge on any atom is 0.276 e. The Morgan fingerprint density at radius 1 is 1.17 bits per heavy atom. The molecule has 0 radical (unpaired) electrons. The molecule has 0 bridgehead atoms. The molecule has 1 amide bonds. The van der Waals surface area contributed by atoms with Crippen molar-refractivity contribution in [3.05, 3.63) is 66.5 Å². The number of carbonyl (C=O) groups excluding carboxylic acids is 1. The van der Waals surface area contributed by atoms with Crippen LogP contribution in [0.5, 0.6) is 0 Å². The van der Waals surface area contributed by atoms with Gasteiger partial charge in [0, 0.05) is 38.4 Å². The highest BCUT2D eigenvalue weighted by molar-refractivity contribution is 7.98. The Kier molecular flexibility index (Phi) is 4.90. The van der Waals surface area contributed by atoms with Crippen molar-refractivity contribution in [2.75, 3.05) is 11.9 Å². The van der Waals surface area contributed by atoms with Crippen LogP contribution in [0.3, 0.4) is 0 Å². The van der Waals surface area contributed by atoms with Crippen LogP contribution in [0, 0.1) is 0 Å². The fourth-order valence-corrected chi connectivity index (χ4v) is 3.10. The van der Waals surface area contributed by atoms with Gasteiger partial charge in [0.2, 0.25) is 0 Å². The van der Waals surface area contributed by atoms with E-state index in [2.05, 4.69) is 15.0 Å². The van der Waals surface area contributed by atoms with Crippen molar-refractivity contribution < 1.29 is 4.79 Å². The van der Waals surface area contributed by atoms with E-state index < -0.39 is 0 Å². The number of nitrogens with zero attached hydrogens (tertiary/aromatic N) is 5. The number of imidazole rings is 1. The van der Waals surface area contributed by atoms with Crippen LogP contribution in [-0.4, -0.2) is 32.5 Å². The number of amides is 1. The quantitative estimate of drug-likeness (QED) is 0.669. The largest absolute Gasteiger partial charge is 0.318 e. The smallest absolute Gasteiger partial charge is 0.276 e. The van der Waals surface area contributed by atoms with Gasteiger partial charge in [0.1, 0.15) is 5.69 Å². The van der Waals surface area contributed by atoms with Gasteiger partial charge in [-0.05, 0) is 29.8 Å². The average molecular weight is 339 g/mol. The van der Waals surface area contributed by atoms with Crippen molar-refractivity contribution in [2.24, 2.45) is 7.05 Å². The van der Waals surface area contributed by atoms with Crippen LogP contribution >= 0.6 is 11.8 Å². The van der Waals surface area contributed by atoms with Crippen LogP contribution in [0.25, 0.3) is 0 Å². The molecule has 0 unspecified atom stereocenters. The van der Waals surface area contributed by atoms with Gasteiger partial charge < -0.3 is 9.47 Å². The van der Waals surface area contributed by atoms with Crippen molar-refractivity contribution in [3.8, 4) is 0 Å². The molecule has 3 rings (SSSR count). The van der Waals surface area contributed by atoms with Gasteiger partial charge in [-0.15, -0.1) is 0 Å². The average Bonchev–Trinajstić information content (AvgIpc) is 3.01. The Morgan fingerprint density at radius 2 is 1.96 bits per heavy atom. The fourth-order valence-electron chi connectivity index (χ4n) is 2.19. The van der Waals surface area contributed by atoms with Gasteiger partial charge in [0.05, 0.1) is 18.1 Å². The molecule has 122 valence electrons. The van der Waals surface area contributed by atoms with Gasteiger partial charge in [-0.25, -0.2) is 4.98 Å². The van der Waals surface area contributed by atoms with Crippen LogP contribution in [0.15, 0.2) is 60.4 Å². The second-order valence-electron chi connectivity index (χ2n) is 5.20. The number of anilines is 1. The molecule has 0 aliphatic carbocycles. The number of carbonyl (C=O) groups is 1. The molecule has 3 aromatic heterocycles. The lowest BCUT2D eigenvalue weighted by atomic mass is 10.3. The van der Waals surface area contributed by atoms with Crippen molar-refractivity contribution in [2.45, 2.75) is 10.9 Å². The van der Waals surface area contributed by atoms with E-state index in [9.17, 15) is 4.79 Å². The molecule has 3 aromatic rings. The number of pyridine rings is 2. The fraction of sp³-hybridized carbons (Fsp3) is 0.176. The van der Waals surface area contributed by atoms with E-state index in [1.165, 1.54) is 5.56 Å². The lowest BCUT2D eigenvalue weighted by Gasteiger charge is -2.17. The number of thioether (sulfide) groups is 1. The summed E-state index contributed by atoms with van der Waals surface area (Å²) in [5.74, 6) is 0.660. The summed E-state index contributed by atoms with van der Waals surface area (Å²) in [4.78, 5) is 26.7. The van der Waals surface area contributed by atoms with E-state index in [0.717, 1.165) is 16.6 Å². The zero-order valence-electron chi connectivity index (χ0n) is 13.5. The van der Waals surface area contributed by atoms with Crippen LogP contribution < -0.4 is 4.90 Å². The number of aromatic nitrogens is 4. The minimum atomic E-state index is -0.117. The molecule has 0 atom stereocenters. The minimum Gasteiger partial charge on any atom is -0.318 e. The van der Waals surface area contributed by atoms with Gasteiger partial charge in [-0.2, -0.15) is 0 Å². The zero-order chi connectivity index (χ0) is 16.9. The van der Waals surface area contributed by atoms with Gasteiger partial charge in [0.15, 0.2) is 5.16 Å². The predicted octanol–water partition coefficient (Wildman–Crippen LogP) is 2.78. The van der Waals surface area contributed by atoms with Gasteiger partial charge in [-0.3, -0.25) is 14.8 Å². The lowest BCUT2D eigenvalue weighted by Crippen LogP contribution is -2.28. The van der Waals surface area contributed by atoms with Crippen molar-refractivity contribution in [1.82, 2.24) is 19.5 Å². The van der Waals surface area contributed by atoms with Gasteiger partial charge >= 0.3 is 0 Å². The zero-order valence-corrected chi connectivity index (χ0v) is 14.3. The van der Waals surface area contributed by atoms with Crippen LogP contribution in [0.4, 0.5) is 5.69 Å². The van der Waals surface area contributed by atoms with E-state index in [1.807, 2.05) is 29.8 Å². The Balaban J connectivity index is 1.73. The van der Waals surface area contributed by atoms with Crippen molar-refractivity contribution in [3.63, 3.8) is 0 Å². The standard InChI is InChI=1S/C17H17N5OS/c1-21(14-4-3-7-19-10-14)16(23)15-11-20-17(22(15)2)24-12-13-5-8-18-9-6-13/h3-11H,12H2,1-2H3. The summed E-state index contributed by atoms with van der Waals surface area (Å²) < 4.78 is 1.82. The maximum absolute atomic E-state index is 12.7. The summed E-state index contributed by atoms with van der Waals surface area (Å²) in [6.07, 6.45) is 8.50. The molecule has 0 spiro atoms. The first-order valence-electron chi connectivity index (χ1n) is 7.38. The molecular weight excluding hydrogens is 322 g/mol. The van der Waals surface area contributed by atoms with Crippen LogP contribution in [0.2, 0.25) is 0 Å². The van der Waals surface area contributed by atoms with E-state index in [-0.39, 0.29) is 5.91 Å². The molecule has 0 aliphatic rings. The first-order valence-corrected chi connectivity index (χ1v) is 8.37. The Bertz CT molecular complexity index is 820. The molecule has 0 saturated carbocycles. The molecule has 0 aromatic carbocycles. The summed E-state index contributed by atoms with van der Waals surface area (Å²) in [6.45, 7) is 0. The molecule has 6 nitrogen and oxygen atoms in total. The Hall–Kier alpha value is -2.67. The molecule has 0 saturated heterocycles. The molecule has 24 heavy (non-hydrogen) atoms. The summed E-state index contributed by atoms with van der Waals surface area (Å²) in [7, 11) is 3.59. The number of hydrogen-bond donors (Lipinski definition) is 0. The van der Waals surface area contributed by atoms with Crippen LogP contribution in [0.1, 0.15) is 16.1 Å². The SMILES string of the molecule is CN(C(=O)c1cnc(SCc2ccncc2)n1C)c1cccnc1. The van der Waals surface area contributed by atoms with Crippen molar-refractivity contribution >= 4 is 23.4 Å². The first kappa shape index (κ1) is 16.2. The van der Waals surface area contributed by atoms with Crippen molar-refractivity contribution in [1.29, 1.82) is 0 Å². The topological polar surface area (TPSA) is 63.9 Å². The molecule has 7 heteroatoms. The first-order chi connectivity index (χ1) is 11.7. The minimum absolute atomic E-state index is 0.117. The number of hydrogen-bond acceptors (Lipinski definition) is 5.